The molecule has 0 bridgehead atoms. The van der Waals surface area contributed by atoms with Crippen LogP contribution in [0.3, 0.4) is 0 Å². The van der Waals surface area contributed by atoms with E-state index in [-0.39, 0.29) is 5.78 Å². The molecule has 0 rings (SSSR count). The predicted molar refractivity (Wildman–Crippen MR) is 58.6 cm³/mol. The second-order valence-electron chi connectivity index (χ2n) is 3.75. The highest BCUT2D eigenvalue weighted by Gasteiger charge is 2.24. The van der Waals surface area contributed by atoms with Crippen LogP contribution < -0.4 is 0 Å². The molecule has 0 radical (unpaired) electrons. The quantitative estimate of drug-likeness (QED) is 0.664. The summed E-state index contributed by atoms with van der Waals surface area (Å²) >= 11 is 1.40. The number of Topliss-reactive ketones (excluding diaryl/α,β-unsaturated/α-hetero) is 1. The topological polar surface area (TPSA) is 54.4 Å². The van der Waals surface area contributed by atoms with Crippen molar-refractivity contribution in [1.29, 1.82) is 0 Å². The Kier molecular flexibility index (Phi) is 6.62. The van der Waals surface area contributed by atoms with Crippen LogP contribution in [0.25, 0.3) is 0 Å². The van der Waals surface area contributed by atoms with Crippen molar-refractivity contribution < 1.29 is 14.7 Å². The molecular formula is C10H18O3S. The summed E-state index contributed by atoms with van der Waals surface area (Å²) in [6.45, 7) is 4.05. The summed E-state index contributed by atoms with van der Waals surface area (Å²) in [5, 5.41) is 8.81. The van der Waals surface area contributed by atoms with Crippen LogP contribution in [0, 0.1) is 11.8 Å². The van der Waals surface area contributed by atoms with Gasteiger partial charge in [0.2, 0.25) is 0 Å². The maximum atomic E-state index is 11.5. The van der Waals surface area contributed by atoms with E-state index < -0.39 is 11.9 Å². The van der Waals surface area contributed by atoms with Crippen molar-refractivity contribution in [3.05, 3.63) is 0 Å². The molecule has 4 heteroatoms. The van der Waals surface area contributed by atoms with Crippen molar-refractivity contribution in [3.63, 3.8) is 0 Å². The van der Waals surface area contributed by atoms with Crippen LogP contribution in [0.5, 0.6) is 0 Å². The lowest BCUT2D eigenvalue weighted by Gasteiger charge is -2.10. The molecule has 82 valence electrons. The SMILES string of the molecule is CSCC(C(=O)O)C(=O)CCC(C)C. The van der Waals surface area contributed by atoms with Gasteiger partial charge in [-0.25, -0.2) is 0 Å². The lowest BCUT2D eigenvalue weighted by molar-refractivity contribution is -0.145. The lowest BCUT2D eigenvalue weighted by Crippen LogP contribution is -2.26. The van der Waals surface area contributed by atoms with E-state index in [9.17, 15) is 9.59 Å². The molecule has 0 aliphatic carbocycles. The first kappa shape index (κ1) is 13.5. The zero-order chi connectivity index (χ0) is 11.1. The summed E-state index contributed by atoms with van der Waals surface area (Å²) < 4.78 is 0. The summed E-state index contributed by atoms with van der Waals surface area (Å²) in [5.74, 6) is -1.12. The van der Waals surface area contributed by atoms with E-state index in [1.807, 2.05) is 20.1 Å². The molecule has 3 nitrogen and oxygen atoms in total. The first-order valence-corrected chi connectivity index (χ1v) is 6.12. The summed E-state index contributed by atoms with van der Waals surface area (Å²) in [6.07, 6.45) is 2.97. The minimum atomic E-state index is -0.992. The highest BCUT2D eigenvalue weighted by Crippen LogP contribution is 2.13. The maximum absolute atomic E-state index is 11.5. The van der Waals surface area contributed by atoms with E-state index in [4.69, 9.17) is 5.11 Å². The smallest absolute Gasteiger partial charge is 0.314 e. The highest BCUT2D eigenvalue weighted by molar-refractivity contribution is 7.98. The Labute approximate surface area is 89.3 Å². The van der Waals surface area contributed by atoms with Gasteiger partial charge in [-0.15, -0.1) is 0 Å². The first-order valence-electron chi connectivity index (χ1n) is 4.73. The number of carbonyl (C=O) groups is 2. The van der Waals surface area contributed by atoms with Crippen LogP contribution in [0.15, 0.2) is 0 Å². The van der Waals surface area contributed by atoms with Crippen LogP contribution in [-0.2, 0) is 9.59 Å². The van der Waals surface area contributed by atoms with Crippen molar-refractivity contribution in [2.24, 2.45) is 11.8 Å². The number of aliphatic carboxylic acids is 1. The molecule has 14 heavy (non-hydrogen) atoms. The Morgan fingerprint density at radius 3 is 2.29 bits per heavy atom. The van der Waals surface area contributed by atoms with Crippen LogP contribution in [-0.4, -0.2) is 28.9 Å². The largest absolute Gasteiger partial charge is 0.481 e. The maximum Gasteiger partial charge on any atom is 0.314 e. The normalized spacial score (nSPS) is 12.9. The third-order valence-electron chi connectivity index (χ3n) is 1.99. The van der Waals surface area contributed by atoms with Crippen molar-refractivity contribution >= 4 is 23.5 Å². The second kappa shape index (κ2) is 6.87. The Morgan fingerprint density at radius 1 is 1.36 bits per heavy atom. The van der Waals surface area contributed by atoms with Crippen molar-refractivity contribution in [1.82, 2.24) is 0 Å². The molecule has 0 fully saturated rings. The number of carbonyl (C=O) groups excluding carboxylic acids is 1. The van der Waals surface area contributed by atoms with Crippen molar-refractivity contribution in [3.8, 4) is 0 Å². The molecule has 0 heterocycles. The van der Waals surface area contributed by atoms with E-state index in [0.29, 0.717) is 18.1 Å². The Bertz CT molecular complexity index is 202. The van der Waals surface area contributed by atoms with Gasteiger partial charge < -0.3 is 5.11 Å². The molecule has 1 N–H and O–H groups in total. The number of ketones is 1. The van der Waals surface area contributed by atoms with Gasteiger partial charge >= 0.3 is 5.97 Å². The van der Waals surface area contributed by atoms with Gasteiger partial charge in [0.15, 0.2) is 0 Å². The number of hydrogen-bond acceptors (Lipinski definition) is 3. The molecule has 0 aromatic heterocycles. The predicted octanol–water partition coefficient (Wildman–Crippen LogP) is 2.06. The van der Waals surface area contributed by atoms with Gasteiger partial charge in [0.25, 0.3) is 0 Å². The molecule has 0 aromatic rings. The number of hydrogen-bond donors (Lipinski definition) is 1. The summed E-state index contributed by atoms with van der Waals surface area (Å²) in [6, 6.07) is 0. The Morgan fingerprint density at radius 2 is 1.93 bits per heavy atom. The lowest BCUT2D eigenvalue weighted by atomic mass is 9.98. The summed E-state index contributed by atoms with van der Waals surface area (Å²) in [4.78, 5) is 22.2. The van der Waals surface area contributed by atoms with E-state index >= 15 is 0 Å². The minimum absolute atomic E-state index is 0.138. The average Bonchev–Trinajstić information content (AvgIpc) is 2.09. The molecule has 1 atom stereocenters. The highest BCUT2D eigenvalue weighted by atomic mass is 32.2. The fourth-order valence-corrected chi connectivity index (χ4v) is 1.74. The zero-order valence-corrected chi connectivity index (χ0v) is 9.76. The van der Waals surface area contributed by atoms with Gasteiger partial charge in [0.1, 0.15) is 11.7 Å². The molecule has 0 amide bonds. The van der Waals surface area contributed by atoms with Crippen LogP contribution in [0.1, 0.15) is 26.7 Å². The van der Waals surface area contributed by atoms with E-state index in [1.54, 1.807) is 0 Å². The third kappa shape index (κ3) is 5.27. The number of carboxylic acid groups (broad SMARTS) is 1. The van der Waals surface area contributed by atoms with Gasteiger partial charge in [0.05, 0.1) is 0 Å². The third-order valence-corrected chi connectivity index (χ3v) is 2.65. The molecule has 1 unspecified atom stereocenters. The second-order valence-corrected chi connectivity index (χ2v) is 4.66. The molecule has 0 spiro atoms. The van der Waals surface area contributed by atoms with Gasteiger partial charge in [0, 0.05) is 12.2 Å². The summed E-state index contributed by atoms with van der Waals surface area (Å²) in [7, 11) is 0. The number of thioether (sulfide) groups is 1. The zero-order valence-electron chi connectivity index (χ0n) is 8.95. The van der Waals surface area contributed by atoms with E-state index in [0.717, 1.165) is 6.42 Å². The molecule has 0 aliphatic heterocycles. The molecular weight excluding hydrogens is 200 g/mol. The molecule has 0 aromatic carbocycles. The number of carboxylic acids is 1. The fourth-order valence-electron chi connectivity index (χ4n) is 1.07. The average molecular weight is 218 g/mol. The van der Waals surface area contributed by atoms with Crippen LogP contribution >= 0.6 is 11.8 Å². The summed E-state index contributed by atoms with van der Waals surface area (Å²) in [5.41, 5.74) is 0. The fraction of sp³-hybridized carbons (Fsp3) is 0.800. The van der Waals surface area contributed by atoms with Crippen molar-refractivity contribution in [2.45, 2.75) is 26.7 Å². The monoisotopic (exact) mass is 218 g/mol. The standard InChI is InChI=1S/C10H18O3S/c1-7(2)4-5-9(11)8(6-14-3)10(12)13/h7-8H,4-6H2,1-3H3,(H,12,13). The van der Waals surface area contributed by atoms with Crippen LogP contribution in [0.2, 0.25) is 0 Å². The first-order chi connectivity index (χ1) is 6.49. The van der Waals surface area contributed by atoms with Gasteiger partial charge in [-0.1, -0.05) is 13.8 Å². The van der Waals surface area contributed by atoms with Gasteiger partial charge in [-0.3, -0.25) is 9.59 Å². The Balaban J connectivity index is 4.09. The van der Waals surface area contributed by atoms with Gasteiger partial charge in [-0.05, 0) is 18.6 Å². The molecule has 0 saturated carbocycles. The molecule has 0 aliphatic rings. The Hall–Kier alpha value is -0.510. The molecule has 0 saturated heterocycles. The minimum Gasteiger partial charge on any atom is -0.481 e. The van der Waals surface area contributed by atoms with Gasteiger partial charge in [-0.2, -0.15) is 11.8 Å². The van der Waals surface area contributed by atoms with E-state index in [1.165, 1.54) is 11.8 Å². The van der Waals surface area contributed by atoms with Crippen molar-refractivity contribution in [2.75, 3.05) is 12.0 Å². The van der Waals surface area contributed by atoms with Crippen LogP contribution in [0.4, 0.5) is 0 Å². The number of rotatable bonds is 7. The van der Waals surface area contributed by atoms with E-state index in [2.05, 4.69) is 0 Å².